The zero-order chi connectivity index (χ0) is 26.7. The number of piperidine rings is 1. The molecule has 14 heteroatoms. The monoisotopic (exact) mass is 561 g/mol. The SMILES string of the molecule is CCOC(=O)c1cnc(N2CCC(CNS(=O)(=O)c3cc4nc(C)nc(N5CCOCC5)c4s3)CC2)nc1. The lowest BCUT2D eigenvalue weighted by Crippen LogP contribution is -2.39. The summed E-state index contributed by atoms with van der Waals surface area (Å²) in [4.78, 5) is 33.7. The van der Waals surface area contributed by atoms with Crippen LogP contribution in [0.4, 0.5) is 11.8 Å². The highest BCUT2D eigenvalue weighted by molar-refractivity contribution is 7.91. The molecule has 3 aromatic rings. The number of aryl methyl sites for hydroxylation is 1. The molecule has 0 aliphatic carbocycles. The molecule has 0 spiro atoms. The number of nitrogens with zero attached hydrogens (tertiary/aromatic N) is 6. The van der Waals surface area contributed by atoms with Gasteiger partial charge < -0.3 is 19.3 Å². The molecule has 0 unspecified atom stereocenters. The summed E-state index contributed by atoms with van der Waals surface area (Å²) in [5, 5.41) is 0. The molecule has 5 rings (SSSR count). The molecule has 1 N–H and O–H groups in total. The van der Waals surface area contributed by atoms with Crippen molar-refractivity contribution in [3.8, 4) is 0 Å². The molecule has 204 valence electrons. The van der Waals surface area contributed by atoms with E-state index in [0.717, 1.165) is 23.4 Å². The fourth-order valence-electron chi connectivity index (χ4n) is 4.57. The number of sulfonamides is 1. The van der Waals surface area contributed by atoms with Crippen LogP contribution in [-0.2, 0) is 19.5 Å². The molecule has 5 heterocycles. The van der Waals surface area contributed by atoms with Gasteiger partial charge in [-0.05, 0) is 38.7 Å². The standard InChI is InChI=1S/C24H31N7O5S2/c1-3-36-23(32)18-14-25-24(26-15-18)31-6-4-17(5-7-31)13-27-38(33,34)20-12-19-21(37-20)22(29-16(2)28-19)30-8-10-35-11-9-30/h12,14-15,17,27H,3-11,13H2,1-2H3. The minimum Gasteiger partial charge on any atom is -0.462 e. The van der Waals surface area contributed by atoms with E-state index in [1.165, 1.54) is 23.7 Å². The van der Waals surface area contributed by atoms with Crippen LogP contribution in [0.3, 0.4) is 0 Å². The number of esters is 1. The van der Waals surface area contributed by atoms with Crippen molar-refractivity contribution in [2.24, 2.45) is 5.92 Å². The van der Waals surface area contributed by atoms with Crippen molar-refractivity contribution in [2.75, 3.05) is 62.3 Å². The summed E-state index contributed by atoms with van der Waals surface area (Å²) in [5.41, 5.74) is 0.964. The van der Waals surface area contributed by atoms with E-state index in [9.17, 15) is 13.2 Å². The van der Waals surface area contributed by atoms with Gasteiger partial charge in [-0.25, -0.2) is 37.9 Å². The second kappa shape index (κ2) is 11.4. The number of nitrogens with one attached hydrogen (secondary N) is 1. The third-order valence-electron chi connectivity index (χ3n) is 6.63. The molecule has 2 saturated heterocycles. The van der Waals surface area contributed by atoms with Crippen LogP contribution >= 0.6 is 11.3 Å². The Balaban J connectivity index is 1.20. The first-order valence-electron chi connectivity index (χ1n) is 12.7. The van der Waals surface area contributed by atoms with Gasteiger partial charge in [0.05, 0.1) is 35.6 Å². The molecule has 0 amide bonds. The van der Waals surface area contributed by atoms with E-state index in [1.807, 2.05) is 11.8 Å². The van der Waals surface area contributed by atoms with Crippen molar-refractivity contribution in [2.45, 2.75) is 30.9 Å². The number of carbonyl (C=O) groups excluding carboxylic acids is 1. The average molecular weight is 562 g/mol. The van der Waals surface area contributed by atoms with E-state index in [1.54, 1.807) is 13.0 Å². The lowest BCUT2D eigenvalue weighted by atomic mass is 9.97. The molecule has 2 aliphatic rings. The molecule has 0 bridgehead atoms. The molecule has 0 aromatic carbocycles. The van der Waals surface area contributed by atoms with E-state index < -0.39 is 16.0 Å². The normalized spacial score (nSPS) is 17.2. The average Bonchev–Trinajstić information content (AvgIpc) is 3.38. The topological polar surface area (TPSA) is 140 Å². The van der Waals surface area contributed by atoms with Crippen molar-refractivity contribution in [3.05, 3.63) is 29.8 Å². The molecule has 0 radical (unpaired) electrons. The summed E-state index contributed by atoms with van der Waals surface area (Å²) < 4.78 is 40.6. The Kier molecular flexibility index (Phi) is 8.02. The van der Waals surface area contributed by atoms with Crippen LogP contribution in [0.5, 0.6) is 0 Å². The fraction of sp³-hybridized carbons (Fsp3) is 0.542. The lowest BCUT2D eigenvalue weighted by molar-refractivity contribution is 0.0525. The summed E-state index contributed by atoms with van der Waals surface area (Å²) in [7, 11) is -3.69. The molecule has 38 heavy (non-hydrogen) atoms. The predicted octanol–water partition coefficient (Wildman–Crippen LogP) is 2.00. The lowest BCUT2D eigenvalue weighted by Gasteiger charge is -2.31. The summed E-state index contributed by atoms with van der Waals surface area (Å²) in [5.74, 6) is 1.69. The largest absolute Gasteiger partial charge is 0.462 e. The van der Waals surface area contributed by atoms with Crippen LogP contribution < -0.4 is 14.5 Å². The van der Waals surface area contributed by atoms with Crippen molar-refractivity contribution < 1.29 is 22.7 Å². The van der Waals surface area contributed by atoms with Gasteiger partial charge in [-0.15, -0.1) is 11.3 Å². The van der Waals surface area contributed by atoms with Crippen LogP contribution in [0, 0.1) is 12.8 Å². The highest BCUT2D eigenvalue weighted by Crippen LogP contribution is 2.34. The van der Waals surface area contributed by atoms with Gasteiger partial charge in [0.15, 0.2) is 5.82 Å². The molecule has 0 atom stereocenters. The summed E-state index contributed by atoms with van der Waals surface area (Å²) in [6.07, 6.45) is 4.54. The number of morpholine rings is 1. The maximum absolute atomic E-state index is 13.2. The highest BCUT2D eigenvalue weighted by Gasteiger charge is 2.26. The molecular formula is C24H31N7O5S2. The first-order valence-corrected chi connectivity index (χ1v) is 15.0. The Morgan fingerprint density at radius 1 is 1.13 bits per heavy atom. The maximum Gasteiger partial charge on any atom is 0.341 e. The Hall–Kier alpha value is -2.94. The third-order valence-corrected chi connectivity index (χ3v) is 9.64. The van der Waals surface area contributed by atoms with Crippen molar-refractivity contribution in [3.63, 3.8) is 0 Å². The quantitative estimate of drug-likeness (QED) is 0.404. The van der Waals surface area contributed by atoms with Gasteiger partial charge in [-0.3, -0.25) is 0 Å². The van der Waals surface area contributed by atoms with Crippen LogP contribution in [-0.4, -0.2) is 86.9 Å². The molecular weight excluding hydrogens is 530 g/mol. The fourth-order valence-corrected chi connectivity index (χ4v) is 7.14. The molecule has 12 nitrogen and oxygen atoms in total. The van der Waals surface area contributed by atoms with Crippen LogP contribution in [0.15, 0.2) is 22.7 Å². The van der Waals surface area contributed by atoms with Gasteiger partial charge in [0.25, 0.3) is 0 Å². The summed E-state index contributed by atoms with van der Waals surface area (Å²) in [6.45, 7) is 8.28. The first kappa shape index (κ1) is 26.7. The van der Waals surface area contributed by atoms with Gasteiger partial charge >= 0.3 is 5.97 Å². The number of aromatic nitrogens is 4. The Bertz CT molecular complexity index is 1380. The number of thiophene rings is 1. The number of anilines is 2. The summed E-state index contributed by atoms with van der Waals surface area (Å²) >= 11 is 1.21. The summed E-state index contributed by atoms with van der Waals surface area (Å²) in [6, 6.07) is 1.64. The number of fused-ring (bicyclic) bond motifs is 1. The van der Waals surface area contributed by atoms with Gasteiger partial charge in [0, 0.05) is 45.1 Å². The van der Waals surface area contributed by atoms with E-state index in [0.29, 0.717) is 75.4 Å². The molecule has 0 saturated carbocycles. The molecule has 3 aromatic heterocycles. The van der Waals surface area contributed by atoms with E-state index in [4.69, 9.17) is 9.47 Å². The van der Waals surface area contributed by atoms with E-state index in [2.05, 4.69) is 29.6 Å². The second-order valence-electron chi connectivity index (χ2n) is 9.25. The van der Waals surface area contributed by atoms with Gasteiger partial charge in [-0.2, -0.15) is 0 Å². The van der Waals surface area contributed by atoms with Crippen molar-refractivity contribution in [1.82, 2.24) is 24.7 Å². The first-order chi connectivity index (χ1) is 18.3. The van der Waals surface area contributed by atoms with E-state index >= 15 is 0 Å². The highest BCUT2D eigenvalue weighted by atomic mass is 32.2. The number of ether oxygens (including phenoxy) is 2. The second-order valence-corrected chi connectivity index (χ2v) is 12.3. The van der Waals surface area contributed by atoms with Crippen molar-refractivity contribution in [1.29, 1.82) is 0 Å². The number of hydrogen-bond acceptors (Lipinski definition) is 12. The number of carbonyl (C=O) groups is 1. The number of hydrogen-bond donors (Lipinski definition) is 1. The third kappa shape index (κ3) is 5.87. The minimum absolute atomic E-state index is 0.195. The predicted molar refractivity (Wildman–Crippen MR) is 143 cm³/mol. The van der Waals surface area contributed by atoms with Gasteiger partial charge in [0.2, 0.25) is 16.0 Å². The molecule has 2 fully saturated rings. The van der Waals surface area contributed by atoms with Crippen molar-refractivity contribution >= 4 is 49.3 Å². The van der Waals surface area contributed by atoms with Crippen LogP contribution in [0.25, 0.3) is 10.2 Å². The van der Waals surface area contributed by atoms with Crippen LogP contribution in [0.2, 0.25) is 0 Å². The van der Waals surface area contributed by atoms with Crippen LogP contribution in [0.1, 0.15) is 35.9 Å². The van der Waals surface area contributed by atoms with Gasteiger partial charge in [0.1, 0.15) is 10.0 Å². The Morgan fingerprint density at radius 2 is 1.84 bits per heavy atom. The minimum atomic E-state index is -3.69. The van der Waals surface area contributed by atoms with Gasteiger partial charge in [-0.1, -0.05) is 0 Å². The smallest absolute Gasteiger partial charge is 0.341 e. The number of rotatable bonds is 8. The maximum atomic E-state index is 13.2. The Morgan fingerprint density at radius 3 is 2.53 bits per heavy atom. The van der Waals surface area contributed by atoms with E-state index in [-0.39, 0.29) is 10.1 Å². The zero-order valence-corrected chi connectivity index (χ0v) is 23.1. The zero-order valence-electron chi connectivity index (χ0n) is 21.4. The molecule has 2 aliphatic heterocycles. The Labute approximate surface area is 225 Å².